The summed E-state index contributed by atoms with van der Waals surface area (Å²) in [5, 5.41) is 1.76. The standard InChI is InChI=1S/C19H20BrN3OS2/c1-3-19(2)8-13-14(9-24-19)26-17-15(13)16(21)22-18(23-17)25-10-11-4-6-12(20)7-5-11/h4-7H,3,8-10H2,1-2H3,(H2,21,22,23). The Morgan fingerprint density at radius 2 is 2.08 bits per heavy atom. The minimum absolute atomic E-state index is 0.123. The maximum atomic E-state index is 6.34. The van der Waals surface area contributed by atoms with Gasteiger partial charge in [-0.1, -0.05) is 46.7 Å². The van der Waals surface area contributed by atoms with Gasteiger partial charge in [0.05, 0.1) is 17.6 Å². The van der Waals surface area contributed by atoms with Crippen molar-refractivity contribution in [1.82, 2.24) is 9.97 Å². The number of nitrogens with zero attached hydrogens (tertiary/aromatic N) is 2. The van der Waals surface area contributed by atoms with Crippen LogP contribution in [0, 0.1) is 0 Å². The van der Waals surface area contributed by atoms with Crippen molar-refractivity contribution in [3.63, 3.8) is 0 Å². The second-order valence-corrected chi connectivity index (χ2v) is 9.70. The molecule has 1 atom stereocenters. The molecule has 2 N–H and O–H groups in total. The molecule has 0 radical (unpaired) electrons. The van der Waals surface area contributed by atoms with Crippen molar-refractivity contribution in [3.8, 4) is 0 Å². The minimum atomic E-state index is -0.123. The number of rotatable bonds is 4. The Kier molecular flexibility index (Phi) is 4.98. The summed E-state index contributed by atoms with van der Waals surface area (Å²) in [6.07, 6.45) is 1.85. The van der Waals surface area contributed by atoms with Gasteiger partial charge in [0.15, 0.2) is 5.16 Å². The van der Waals surface area contributed by atoms with Crippen molar-refractivity contribution >= 4 is 55.1 Å². The second kappa shape index (κ2) is 7.11. The first kappa shape index (κ1) is 18.2. The SMILES string of the molecule is CCC1(C)Cc2c(sc3nc(SCc4ccc(Br)cc4)nc(N)c23)CO1. The number of thioether (sulfide) groups is 1. The van der Waals surface area contributed by atoms with E-state index >= 15 is 0 Å². The zero-order valence-corrected chi connectivity index (χ0v) is 17.9. The predicted octanol–water partition coefficient (Wildman–Crippen LogP) is 5.57. The van der Waals surface area contributed by atoms with E-state index in [0.717, 1.165) is 38.4 Å². The van der Waals surface area contributed by atoms with E-state index in [9.17, 15) is 0 Å². The summed E-state index contributed by atoms with van der Waals surface area (Å²) in [7, 11) is 0. The number of halogens is 1. The van der Waals surface area contributed by atoms with Gasteiger partial charge in [-0.3, -0.25) is 0 Å². The third-order valence-electron chi connectivity index (χ3n) is 4.87. The van der Waals surface area contributed by atoms with Crippen LogP contribution < -0.4 is 5.73 Å². The minimum Gasteiger partial charge on any atom is -0.383 e. The van der Waals surface area contributed by atoms with Gasteiger partial charge in [0.2, 0.25) is 0 Å². The third-order valence-corrected chi connectivity index (χ3v) is 7.42. The predicted molar refractivity (Wildman–Crippen MR) is 113 cm³/mol. The summed E-state index contributed by atoms with van der Waals surface area (Å²) in [4.78, 5) is 11.6. The van der Waals surface area contributed by atoms with Crippen LogP contribution in [0.3, 0.4) is 0 Å². The fourth-order valence-corrected chi connectivity index (χ4v) is 5.34. The first-order valence-electron chi connectivity index (χ1n) is 8.56. The molecule has 0 amide bonds. The third kappa shape index (κ3) is 3.50. The highest BCUT2D eigenvalue weighted by atomic mass is 79.9. The Labute approximate surface area is 169 Å². The summed E-state index contributed by atoms with van der Waals surface area (Å²) in [6, 6.07) is 8.30. The Balaban J connectivity index is 1.62. The number of anilines is 1. The van der Waals surface area contributed by atoms with Crippen molar-refractivity contribution in [2.45, 2.75) is 49.8 Å². The number of hydrogen-bond acceptors (Lipinski definition) is 6. The highest BCUT2D eigenvalue weighted by Crippen LogP contribution is 2.41. The van der Waals surface area contributed by atoms with E-state index < -0.39 is 0 Å². The normalized spacial score (nSPS) is 19.7. The molecule has 1 aromatic carbocycles. The topological polar surface area (TPSA) is 61.0 Å². The highest BCUT2D eigenvalue weighted by Gasteiger charge is 2.32. The van der Waals surface area contributed by atoms with Gasteiger partial charge in [0.1, 0.15) is 10.6 Å². The molecule has 4 nitrogen and oxygen atoms in total. The number of hydrogen-bond donors (Lipinski definition) is 1. The Hall–Kier alpha value is -1.15. The molecule has 3 heterocycles. The maximum Gasteiger partial charge on any atom is 0.191 e. The molecule has 26 heavy (non-hydrogen) atoms. The number of nitrogen functional groups attached to an aromatic ring is 1. The van der Waals surface area contributed by atoms with E-state index in [0.29, 0.717) is 12.4 Å². The van der Waals surface area contributed by atoms with Crippen LogP contribution in [-0.4, -0.2) is 15.6 Å². The largest absolute Gasteiger partial charge is 0.383 e. The lowest BCUT2D eigenvalue weighted by Crippen LogP contribution is -2.33. The van der Waals surface area contributed by atoms with Crippen LogP contribution in [0.1, 0.15) is 36.3 Å². The first-order chi connectivity index (χ1) is 12.5. The molecule has 0 bridgehead atoms. The monoisotopic (exact) mass is 449 g/mol. The molecule has 1 aliphatic heterocycles. The number of nitrogens with two attached hydrogens (primary N) is 1. The van der Waals surface area contributed by atoms with Crippen LogP contribution in [0.4, 0.5) is 5.82 Å². The molecule has 2 aromatic heterocycles. The average Bonchev–Trinajstić information content (AvgIpc) is 2.99. The van der Waals surface area contributed by atoms with E-state index in [1.807, 2.05) is 12.1 Å². The van der Waals surface area contributed by atoms with Crippen molar-refractivity contribution in [2.24, 2.45) is 0 Å². The lowest BCUT2D eigenvalue weighted by Gasteiger charge is -2.33. The van der Waals surface area contributed by atoms with Crippen LogP contribution in [-0.2, 0) is 23.5 Å². The van der Waals surface area contributed by atoms with Gasteiger partial charge in [-0.15, -0.1) is 11.3 Å². The molecule has 0 fully saturated rings. The van der Waals surface area contributed by atoms with Crippen molar-refractivity contribution < 1.29 is 4.74 Å². The Morgan fingerprint density at radius 1 is 1.31 bits per heavy atom. The van der Waals surface area contributed by atoms with Gasteiger partial charge in [-0.2, -0.15) is 0 Å². The van der Waals surface area contributed by atoms with Crippen molar-refractivity contribution in [3.05, 3.63) is 44.7 Å². The summed E-state index contributed by atoms with van der Waals surface area (Å²) in [5.41, 5.74) is 8.73. The van der Waals surface area contributed by atoms with Gasteiger partial charge in [0.25, 0.3) is 0 Å². The molecule has 7 heteroatoms. The summed E-state index contributed by atoms with van der Waals surface area (Å²) in [5.74, 6) is 1.41. The van der Waals surface area contributed by atoms with Crippen LogP contribution in [0.25, 0.3) is 10.2 Å². The summed E-state index contributed by atoms with van der Waals surface area (Å²) >= 11 is 6.77. The van der Waals surface area contributed by atoms with Crippen molar-refractivity contribution in [2.75, 3.05) is 5.73 Å². The lowest BCUT2D eigenvalue weighted by molar-refractivity contribution is -0.0542. The van der Waals surface area contributed by atoms with Gasteiger partial charge in [-0.25, -0.2) is 9.97 Å². The van der Waals surface area contributed by atoms with E-state index in [4.69, 9.17) is 15.5 Å². The van der Waals surface area contributed by atoms with Gasteiger partial charge in [0, 0.05) is 21.5 Å². The molecule has 0 spiro atoms. The highest BCUT2D eigenvalue weighted by molar-refractivity contribution is 9.10. The van der Waals surface area contributed by atoms with E-state index in [1.165, 1.54) is 16.0 Å². The Morgan fingerprint density at radius 3 is 2.81 bits per heavy atom. The second-order valence-electron chi connectivity index (χ2n) is 6.76. The lowest BCUT2D eigenvalue weighted by atomic mass is 9.90. The fourth-order valence-electron chi connectivity index (χ4n) is 3.10. The van der Waals surface area contributed by atoms with E-state index in [2.05, 4.69) is 46.9 Å². The van der Waals surface area contributed by atoms with Gasteiger partial charge >= 0.3 is 0 Å². The summed E-state index contributed by atoms with van der Waals surface area (Å²) < 4.78 is 7.15. The van der Waals surface area contributed by atoms with Crippen molar-refractivity contribution in [1.29, 1.82) is 0 Å². The van der Waals surface area contributed by atoms with Gasteiger partial charge in [-0.05, 0) is 36.6 Å². The first-order valence-corrected chi connectivity index (χ1v) is 11.2. The number of aromatic nitrogens is 2. The van der Waals surface area contributed by atoms with Gasteiger partial charge < -0.3 is 10.5 Å². The number of thiophene rings is 1. The number of benzene rings is 1. The number of fused-ring (bicyclic) bond motifs is 3. The summed E-state index contributed by atoms with van der Waals surface area (Å²) in [6.45, 7) is 4.97. The zero-order valence-electron chi connectivity index (χ0n) is 14.7. The van der Waals surface area contributed by atoms with Crippen LogP contribution in [0.5, 0.6) is 0 Å². The Bertz CT molecular complexity index is 958. The number of ether oxygens (including phenoxy) is 1. The average molecular weight is 450 g/mol. The van der Waals surface area contributed by atoms with Crippen LogP contribution in [0.15, 0.2) is 33.9 Å². The molecule has 136 valence electrons. The smallest absolute Gasteiger partial charge is 0.191 e. The molecule has 0 saturated carbocycles. The molecule has 1 unspecified atom stereocenters. The van der Waals surface area contributed by atoms with Crippen LogP contribution >= 0.6 is 39.0 Å². The van der Waals surface area contributed by atoms with Crippen LogP contribution in [0.2, 0.25) is 0 Å². The molecule has 1 aliphatic rings. The zero-order chi connectivity index (χ0) is 18.3. The fraction of sp³-hybridized carbons (Fsp3) is 0.368. The molecular formula is C19H20BrN3OS2. The van der Waals surface area contributed by atoms with E-state index in [-0.39, 0.29) is 5.60 Å². The quantitative estimate of drug-likeness (QED) is 0.416. The maximum absolute atomic E-state index is 6.34. The molecular weight excluding hydrogens is 430 g/mol. The van der Waals surface area contributed by atoms with E-state index in [1.54, 1.807) is 23.1 Å². The molecule has 3 aromatic rings. The molecule has 0 saturated heterocycles. The molecule has 4 rings (SSSR count). The molecule has 0 aliphatic carbocycles.